The molecule has 0 fully saturated rings. The van der Waals surface area contributed by atoms with Gasteiger partial charge in [-0.25, -0.2) is 18.5 Å². The van der Waals surface area contributed by atoms with Gasteiger partial charge in [0.25, 0.3) is 0 Å². The van der Waals surface area contributed by atoms with E-state index in [1.54, 1.807) is 18.2 Å². The molecule has 1 heterocycles. The molecule has 0 radical (unpaired) electrons. The van der Waals surface area contributed by atoms with E-state index in [1.165, 1.54) is 6.07 Å². The van der Waals surface area contributed by atoms with Gasteiger partial charge in [-0.1, -0.05) is 44.0 Å². The number of sulfonamides is 1. The number of primary sulfonamides is 1. The minimum atomic E-state index is -3.84. The first kappa shape index (κ1) is 17.1. The first-order valence-electron chi connectivity index (χ1n) is 7.13. The Labute approximate surface area is 135 Å². The SMILES string of the molecule is CCCC(N)C(C)c1cc2c(S(N)(=O)=O)cccc2c(Cl)n1. The smallest absolute Gasteiger partial charge is 0.238 e. The van der Waals surface area contributed by atoms with Crippen molar-refractivity contribution in [3.05, 3.63) is 35.1 Å². The van der Waals surface area contributed by atoms with Crippen molar-refractivity contribution in [2.24, 2.45) is 10.9 Å². The zero-order valence-electron chi connectivity index (χ0n) is 12.6. The molecule has 0 aliphatic rings. The third-order valence-electron chi connectivity index (χ3n) is 3.85. The molecule has 1 aromatic heterocycles. The van der Waals surface area contributed by atoms with Crippen LogP contribution in [0, 0.1) is 0 Å². The Morgan fingerprint density at radius 3 is 2.59 bits per heavy atom. The van der Waals surface area contributed by atoms with E-state index >= 15 is 0 Å². The van der Waals surface area contributed by atoms with E-state index in [9.17, 15) is 8.42 Å². The monoisotopic (exact) mass is 341 g/mol. The van der Waals surface area contributed by atoms with Crippen molar-refractivity contribution in [3.63, 3.8) is 0 Å². The summed E-state index contributed by atoms with van der Waals surface area (Å²) in [4.78, 5) is 4.43. The van der Waals surface area contributed by atoms with Gasteiger partial charge in [-0.3, -0.25) is 0 Å². The zero-order chi connectivity index (χ0) is 16.5. The van der Waals surface area contributed by atoms with Crippen molar-refractivity contribution in [2.75, 3.05) is 0 Å². The summed E-state index contributed by atoms with van der Waals surface area (Å²) in [5, 5.41) is 6.59. The first-order chi connectivity index (χ1) is 10.3. The van der Waals surface area contributed by atoms with Crippen LogP contribution < -0.4 is 10.9 Å². The van der Waals surface area contributed by atoms with Crippen molar-refractivity contribution in [1.29, 1.82) is 0 Å². The van der Waals surface area contributed by atoms with Crippen molar-refractivity contribution in [1.82, 2.24) is 4.98 Å². The van der Waals surface area contributed by atoms with E-state index in [0.717, 1.165) is 12.8 Å². The van der Waals surface area contributed by atoms with Crippen molar-refractivity contribution in [2.45, 2.75) is 43.5 Å². The molecular formula is C15H20ClN3O2S. The van der Waals surface area contributed by atoms with E-state index in [0.29, 0.717) is 16.5 Å². The molecule has 120 valence electrons. The Morgan fingerprint density at radius 1 is 1.32 bits per heavy atom. The second-order valence-electron chi connectivity index (χ2n) is 5.48. The molecule has 22 heavy (non-hydrogen) atoms. The van der Waals surface area contributed by atoms with Gasteiger partial charge in [0.15, 0.2) is 0 Å². The molecule has 2 atom stereocenters. The summed E-state index contributed by atoms with van der Waals surface area (Å²) in [6.45, 7) is 4.02. The van der Waals surface area contributed by atoms with Crippen LogP contribution in [-0.2, 0) is 10.0 Å². The molecule has 1 aromatic carbocycles. The molecular weight excluding hydrogens is 322 g/mol. The molecule has 4 N–H and O–H groups in total. The Hall–Kier alpha value is -1.21. The summed E-state index contributed by atoms with van der Waals surface area (Å²) < 4.78 is 23.5. The number of nitrogens with zero attached hydrogens (tertiary/aromatic N) is 1. The number of aromatic nitrogens is 1. The molecule has 2 unspecified atom stereocenters. The highest BCUT2D eigenvalue weighted by atomic mass is 35.5. The number of fused-ring (bicyclic) bond motifs is 1. The molecule has 7 heteroatoms. The molecule has 0 amide bonds. The highest BCUT2D eigenvalue weighted by molar-refractivity contribution is 7.89. The molecule has 0 aliphatic heterocycles. The van der Waals surface area contributed by atoms with Gasteiger partial charge in [0.05, 0.1) is 4.90 Å². The number of benzene rings is 1. The molecule has 0 bridgehead atoms. The summed E-state index contributed by atoms with van der Waals surface area (Å²) in [5.41, 5.74) is 6.83. The van der Waals surface area contributed by atoms with Gasteiger partial charge in [-0.2, -0.15) is 0 Å². The Kier molecular flexibility index (Phi) is 5.07. The highest BCUT2D eigenvalue weighted by Gasteiger charge is 2.20. The van der Waals surface area contributed by atoms with E-state index in [-0.39, 0.29) is 22.0 Å². The summed E-state index contributed by atoms with van der Waals surface area (Å²) in [6, 6.07) is 6.45. The fraction of sp³-hybridized carbons (Fsp3) is 0.400. The van der Waals surface area contributed by atoms with E-state index < -0.39 is 10.0 Å². The summed E-state index contributed by atoms with van der Waals surface area (Å²) >= 11 is 6.22. The number of hydrogen-bond acceptors (Lipinski definition) is 4. The van der Waals surface area contributed by atoms with Gasteiger partial charge in [0.1, 0.15) is 5.15 Å². The van der Waals surface area contributed by atoms with Crippen LogP contribution in [0.3, 0.4) is 0 Å². The fourth-order valence-electron chi connectivity index (χ4n) is 2.51. The first-order valence-corrected chi connectivity index (χ1v) is 9.05. The highest BCUT2D eigenvalue weighted by Crippen LogP contribution is 2.31. The van der Waals surface area contributed by atoms with Crippen LogP contribution in [0.15, 0.2) is 29.2 Å². The Bertz CT molecular complexity index is 793. The number of rotatable bonds is 5. The third-order valence-corrected chi connectivity index (χ3v) is 5.10. The minimum absolute atomic E-state index is 0.0321. The lowest BCUT2D eigenvalue weighted by Gasteiger charge is -2.20. The van der Waals surface area contributed by atoms with E-state index in [4.69, 9.17) is 22.5 Å². The largest absolute Gasteiger partial charge is 0.327 e. The molecule has 0 saturated heterocycles. The number of pyridine rings is 1. The van der Waals surface area contributed by atoms with Crippen LogP contribution in [0.4, 0.5) is 0 Å². The summed E-state index contributed by atoms with van der Waals surface area (Å²) in [6.07, 6.45) is 1.82. The Balaban J connectivity index is 2.65. The lowest BCUT2D eigenvalue weighted by molar-refractivity contribution is 0.514. The maximum atomic E-state index is 11.8. The molecule has 5 nitrogen and oxygen atoms in total. The number of nitrogens with two attached hydrogens (primary N) is 2. The standard InChI is InChI=1S/C15H20ClN3O2S/c1-3-5-12(17)9(2)13-8-11-10(15(16)19-13)6-4-7-14(11)22(18,20)21/h4,6-9,12H,3,5,17H2,1-2H3,(H2,18,20,21). The lowest BCUT2D eigenvalue weighted by Crippen LogP contribution is -2.27. The minimum Gasteiger partial charge on any atom is -0.327 e. The van der Waals surface area contributed by atoms with Gasteiger partial charge in [0.2, 0.25) is 10.0 Å². The van der Waals surface area contributed by atoms with Crippen molar-refractivity contribution < 1.29 is 8.42 Å². The average Bonchev–Trinajstić information content (AvgIpc) is 2.45. The van der Waals surface area contributed by atoms with Gasteiger partial charge in [-0.05, 0) is 18.6 Å². The van der Waals surface area contributed by atoms with E-state index in [2.05, 4.69) is 11.9 Å². The quantitative estimate of drug-likeness (QED) is 0.817. The molecule has 0 spiro atoms. The predicted molar refractivity (Wildman–Crippen MR) is 89.4 cm³/mol. The summed E-state index contributed by atoms with van der Waals surface area (Å²) in [7, 11) is -3.84. The predicted octanol–water partition coefficient (Wildman–Crippen LogP) is 2.77. The zero-order valence-corrected chi connectivity index (χ0v) is 14.2. The second-order valence-corrected chi connectivity index (χ2v) is 7.36. The van der Waals surface area contributed by atoms with Gasteiger partial charge < -0.3 is 5.73 Å². The normalized spacial score (nSPS) is 15.0. The van der Waals surface area contributed by atoms with Crippen LogP contribution in [0.5, 0.6) is 0 Å². The van der Waals surface area contributed by atoms with Crippen molar-refractivity contribution in [3.8, 4) is 0 Å². The molecule has 2 aromatic rings. The van der Waals surface area contributed by atoms with Crippen LogP contribution in [0.25, 0.3) is 10.8 Å². The third kappa shape index (κ3) is 3.41. The molecule has 0 saturated carbocycles. The van der Waals surface area contributed by atoms with Gasteiger partial charge >= 0.3 is 0 Å². The summed E-state index contributed by atoms with van der Waals surface area (Å²) in [5.74, 6) is -0.0321. The average molecular weight is 342 g/mol. The maximum Gasteiger partial charge on any atom is 0.238 e. The van der Waals surface area contributed by atoms with Crippen LogP contribution in [-0.4, -0.2) is 19.4 Å². The van der Waals surface area contributed by atoms with Gasteiger partial charge in [0, 0.05) is 28.4 Å². The second kappa shape index (κ2) is 6.50. The lowest BCUT2D eigenvalue weighted by atomic mass is 9.94. The van der Waals surface area contributed by atoms with Crippen LogP contribution in [0.2, 0.25) is 5.15 Å². The van der Waals surface area contributed by atoms with E-state index in [1.807, 2.05) is 6.92 Å². The fourth-order valence-corrected chi connectivity index (χ4v) is 3.52. The topological polar surface area (TPSA) is 99.1 Å². The number of hydrogen-bond donors (Lipinski definition) is 2. The molecule has 2 rings (SSSR count). The van der Waals surface area contributed by atoms with Gasteiger partial charge in [-0.15, -0.1) is 0 Å². The maximum absolute atomic E-state index is 11.8. The van der Waals surface area contributed by atoms with Crippen LogP contribution >= 0.6 is 11.6 Å². The van der Waals surface area contributed by atoms with Crippen LogP contribution in [0.1, 0.15) is 38.3 Å². The molecule has 0 aliphatic carbocycles. The van der Waals surface area contributed by atoms with Crippen molar-refractivity contribution >= 4 is 32.4 Å². The number of halogens is 1. The Morgan fingerprint density at radius 2 is 2.00 bits per heavy atom.